The number of hydrogen-bond donors (Lipinski definition) is 1. The fraction of sp³-hybridized carbons (Fsp3) is 0.333. The first-order valence-electron chi connectivity index (χ1n) is 8.22. The number of nitrogens with zero attached hydrogens (tertiary/aromatic N) is 2. The lowest BCUT2D eigenvalue weighted by molar-refractivity contribution is 0.274. The summed E-state index contributed by atoms with van der Waals surface area (Å²) >= 11 is 6.00. The molecule has 7 heteroatoms. The molecule has 0 radical (unpaired) electrons. The van der Waals surface area contributed by atoms with Crippen LogP contribution in [0.2, 0.25) is 5.02 Å². The van der Waals surface area contributed by atoms with Gasteiger partial charge < -0.3 is 5.11 Å². The van der Waals surface area contributed by atoms with E-state index in [1.54, 1.807) is 52.8 Å². The second-order valence-corrected chi connectivity index (χ2v) is 8.49. The molecule has 0 spiro atoms. The molecular formula is C18H21ClN2O3S. The van der Waals surface area contributed by atoms with Crippen molar-refractivity contribution < 1.29 is 13.5 Å². The maximum Gasteiger partial charge on any atom is 0.243 e. The smallest absolute Gasteiger partial charge is 0.243 e. The maximum atomic E-state index is 12.8. The first-order valence-corrected chi connectivity index (χ1v) is 10.0. The van der Waals surface area contributed by atoms with E-state index in [0.717, 1.165) is 18.5 Å². The molecule has 0 amide bonds. The third-order valence-corrected chi connectivity index (χ3v) is 6.51. The van der Waals surface area contributed by atoms with E-state index in [4.69, 9.17) is 11.6 Å². The molecule has 1 fully saturated rings. The van der Waals surface area contributed by atoms with Crippen molar-refractivity contribution >= 4 is 21.6 Å². The van der Waals surface area contributed by atoms with Crippen LogP contribution in [0.15, 0.2) is 53.4 Å². The zero-order valence-electron chi connectivity index (χ0n) is 13.8. The van der Waals surface area contributed by atoms with Gasteiger partial charge in [-0.25, -0.2) is 8.42 Å². The van der Waals surface area contributed by atoms with Crippen LogP contribution in [0.3, 0.4) is 0 Å². The third-order valence-electron chi connectivity index (χ3n) is 4.36. The molecule has 0 saturated carbocycles. The maximum absolute atomic E-state index is 12.8. The van der Waals surface area contributed by atoms with Crippen molar-refractivity contribution in [2.45, 2.75) is 17.9 Å². The van der Waals surface area contributed by atoms with Gasteiger partial charge in [-0.1, -0.05) is 29.8 Å². The van der Waals surface area contributed by atoms with Crippen molar-refractivity contribution in [1.82, 2.24) is 9.21 Å². The molecule has 25 heavy (non-hydrogen) atoms. The van der Waals surface area contributed by atoms with Crippen LogP contribution in [0.5, 0.6) is 5.75 Å². The molecule has 0 bridgehead atoms. The number of halogens is 1. The van der Waals surface area contributed by atoms with Gasteiger partial charge in [0, 0.05) is 36.8 Å². The minimum atomic E-state index is -3.46. The van der Waals surface area contributed by atoms with Gasteiger partial charge in [0.1, 0.15) is 5.75 Å². The summed E-state index contributed by atoms with van der Waals surface area (Å²) in [4.78, 5) is 2.47. The standard InChI is InChI=1S/C18H21ClN2O3S/c19-16-7-8-18(22)15(13-16)14-20-9-4-10-21(12-11-20)25(23,24)17-5-2-1-3-6-17/h1-3,5-8,13,22H,4,9-12,14H2. The van der Waals surface area contributed by atoms with Crippen LogP contribution in [0.1, 0.15) is 12.0 Å². The summed E-state index contributed by atoms with van der Waals surface area (Å²) < 4.78 is 27.0. The molecule has 5 nitrogen and oxygen atoms in total. The van der Waals surface area contributed by atoms with Crippen molar-refractivity contribution in [3.8, 4) is 5.75 Å². The topological polar surface area (TPSA) is 60.9 Å². The number of rotatable bonds is 4. The number of sulfonamides is 1. The molecule has 0 unspecified atom stereocenters. The third kappa shape index (κ3) is 4.33. The van der Waals surface area contributed by atoms with E-state index in [9.17, 15) is 13.5 Å². The summed E-state index contributed by atoms with van der Waals surface area (Å²) in [5.74, 6) is 0.211. The Morgan fingerprint density at radius 2 is 1.76 bits per heavy atom. The molecule has 2 aromatic carbocycles. The summed E-state index contributed by atoms with van der Waals surface area (Å²) in [6, 6.07) is 13.5. The predicted octanol–water partition coefficient (Wildman–Crippen LogP) is 2.94. The quantitative estimate of drug-likeness (QED) is 0.885. The minimum Gasteiger partial charge on any atom is -0.508 e. The average Bonchev–Trinajstić information content (AvgIpc) is 2.85. The van der Waals surface area contributed by atoms with E-state index >= 15 is 0 Å². The van der Waals surface area contributed by atoms with E-state index < -0.39 is 10.0 Å². The second-order valence-electron chi connectivity index (χ2n) is 6.12. The average molecular weight is 381 g/mol. The van der Waals surface area contributed by atoms with Gasteiger partial charge in [-0.3, -0.25) is 4.90 Å². The van der Waals surface area contributed by atoms with E-state index in [2.05, 4.69) is 4.90 Å². The van der Waals surface area contributed by atoms with Gasteiger partial charge >= 0.3 is 0 Å². The van der Waals surface area contributed by atoms with Crippen LogP contribution in [-0.2, 0) is 16.6 Å². The number of aromatic hydroxyl groups is 1. The molecule has 2 aromatic rings. The molecule has 1 aliphatic heterocycles. The van der Waals surface area contributed by atoms with E-state index in [1.807, 2.05) is 0 Å². The zero-order valence-corrected chi connectivity index (χ0v) is 15.4. The minimum absolute atomic E-state index is 0.211. The van der Waals surface area contributed by atoms with Crippen molar-refractivity contribution in [3.63, 3.8) is 0 Å². The van der Waals surface area contributed by atoms with Gasteiger partial charge in [-0.05, 0) is 43.3 Å². The Balaban J connectivity index is 1.69. The summed E-state index contributed by atoms with van der Waals surface area (Å²) in [6.45, 7) is 2.85. The molecule has 0 aromatic heterocycles. The molecule has 1 heterocycles. The summed E-state index contributed by atoms with van der Waals surface area (Å²) in [7, 11) is -3.46. The van der Waals surface area contributed by atoms with E-state index in [1.165, 1.54) is 0 Å². The fourth-order valence-electron chi connectivity index (χ4n) is 3.01. The molecular weight excluding hydrogens is 360 g/mol. The largest absolute Gasteiger partial charge is 0.508 e. The van der Waals surface area contributed by atoms with Crippen molar-refractivity contribution in [1.29, 1.82) is 0 Å². The lowest BCUT2D eigenvalue weighted by Gasteiger charge is -2.22. The molecule has 3 rings (SSSR count). The molecule has 0 aliphatic carbocycles. The molecule has 1 aliphatic rings. The van der Waals surface area contributed by atoms with Gasteiger partial charge in [0.15, 0.2) is 0 Å². The molecule has 1 N–H and O–H groups in total. The van der Waals surface area contributed by atoms with E-state index in [-0.39, 0.29) is 5.75 Å². The van der Waals surface area contributed by atoms with Crippen LogP contribution >= 0.6 is 11.6 Å². The van der Waals surface area contributed by atoms with Crippen LogP contribution in [0, 0.1) is 0 Å². The summed E-state index contributed by atoms with van der Waals surface area (Å²) in [5, 5.41) is 10.6. The van der Waals surface area contributed by atoms with Crippen molar-refractivity contribution in [3.05, 3.63) is 59.1 Å². The summed E-state index contributed by atoms with van der Waals surface area (Å²) in [5.41, 5.74) is 0.756. The second kappa shape index (κ2) is 7.74. The SMILES string of the molecule is O=S(=O)(c1ccccc1)N1CCCN(Cc2cc(Cl)ccc2O)CC1. The number of benzene rings is 2. The first-order chi connectivity index (χ1) is 12.0. The van der Waals surface area contributed by atoms with Crippen LogP contribution < -0.4 is 0 Å². The Morgan fingerprint density at radius 1 is 1.00 bits per heavy atom. The molecule has 134 valence electrons. The van der Waals surface area contributed by atoms with Gasteiger partial charge in [0.25, 0.3) is 0 Å². The highest BCUT2D eigenvalue weighted by molar-refractivity contribution is 7.89. The van der Waals surface area contributed by atoms with Crippen LogP contribution in [0.25, 0.3) is 0 Å². The van der Waals surface area contributed by atoms with Crippen molar-refractivity contribution in [2.75, 3.05) is 26.2 Å². The Kier molecular flexibility index (Phi) is 5.64. The van der Waals surface area contributed by atoms with Crippen molar-refractivity contribution in [2.24, 2.45) is 0 Å². The Hall–Kier alpha value is -1.60. The Bertz CT molecular complexity index is 827. The normalized spacial score (nSPS) is 17.3. The predicted molar refractivity (Wildman–Crippen MR) is 98.2 cm³/mol. The van der Waals surface area contributed by atoms with Gasteiger partial charge in [-0.2, -0.15) is 4.31 Å². The Morgan fingerprint density at radius 3 is 2.52 bits per heavy atom. The number of phenolic OH excluding ortho intramolecular Hbond substituents is 1. The lowest BCUT2D eigenvalue weighted by Crippen LogP contribution is -2.35. The van der Waals surface area contributed by atoms with Gasteiger partial charge in [0.2, 0.25) is 10.0 Å². The number of phenols is 1. The van der Waals surface area contributed by atoms with E-state index in [0.29, 0.717) is 36.1 Å². The monoisotopic (exact) mass is 380 g/mol. The van der Waals surface area contributed by atoms with Gasteiger partial charge in [0.05, 0.1) is 4.90 Å². The zero-order chi connectivity index (χ0) is 17.9. The van der Waals surface area contributed by atoms with Gasteiger partial charge in [-0.15, -0.1) is 0 Å². The molecule has 1 saturated heterocycles. The van der Waals surface area contributed by atoms with Crippen LogP contribution in [0.4, 0.5) is 0 Å². The highest BCUT2D eigenvalue weighted by Crippen LogP contribution is 2.24. The lowest BCUT2D eigenvalue weighted by atomic mass is 10.2. The first kappa shape index (κ1) is 18.2. The Labute approximate surface area is 153 Å². The summed E-state index contributed by atoms with van der Waals surface area (Å²) in [6.07, 6.45) is 0.743. The highest BCUT2D eigenvalue weighted by atomic mass is 35.5. The molecule has 0 atom stereocenters. The van der Waals surface area contributed by atoms with Crippen LogP contribution in [-0.4, -0.2) is 48.9 Å². The number of hydrogen-bond acceptors (Lipinski definition) is 4. The highest BCUT2D eigenvalue weighted by Gasteiger charge is 2.26. The fourth-order valence-corrected chi connectivity index (χ4v) is 4.69.